The summed E-state index contributed by atoms with van der Waals surface area (Å²) < 4.78 is 33.0. The van der Waals surface area contributed by atoms with Crippen molar-refractivity contribution in [1.29, 1.82) is 0 Å². The van der Waals surface area contributed by atoms with Gasteiger partial charge in [-0.25, -0.2) is 13.9 Å². The Hall–Kier alpha value is -2.59. The summed E-state index contributed by atoms with van der Waals surface area (Å²) in [5, 5.41) is 8.93. The Labute approximate surface area is 201 Å². The van der Waals surface area contributed by atoms with Crippen molar-refractivity contribution in [3.63, 3.8) is 0 Å². The van der Waals surface area contributed by atoms with E-state index < -0.39 is 22.5 Å². The molecule has 1 amide bonds. The Morgan fingerprint density at radius 2 is 1.76 bits per heavy atom. The summed E-state index contributed by atoms with van der Waals surface area (Å²) in [7, 11) is -3.99. The molecule has 1 heterocycles. The van der Waals surface area contributed by atoms with Gasteiger partial charge >= 0.3 is 0 Å². The summed E-state index contributed by atoms with van der Waals surface area (Å²) >= 11 is 0. The largest absolute Gasteiger partial charge is 0.493 e. The molecule has 2 N–H and O–H groups in total. The van der Waals surface area contributed by atoms with Gasteiger partial charge in [-0.05, 0) is 61.2 Å². The van der Waals surface area contributed by atoms with Gasteiger partial charge in [-0.15, -0.1) is 19.0 Å². The molecule has 1 fully saturated rings. The summed E-state index contributed by atoms with van der Waals surface area (Å²) in [5.41, 5.74) is 3.35. The number of hydrogen-bond donors (Lipinski definition) is 2. The fourth-order valence-electron chi connectivity index (χ4n) is 3.53. The molecule has 0 bridgehead atoms. The van der Waals surface area contributed by atoms with E-state index in [9.17, 15) is 13.2 Å². The first-order valence-electron chi connectivity index (χ1n) is 10.5. The van der Waals surface area contributed by atoms with Gasteiger partial charge in [-0.3, -0.25) is 10.0 Å². The summed E-state index contributed by atoms with van der Waals surface area (Å²) in [6.07, 6.45) is 4.76. The highest BCUT2D eigenvalue weighted by molar-refractivity contribution is 7.89. The molecule has 3 rings (SSSR count). The number of rotatable bonds is 11. The standard InChI is InChI=1S/C23H29N3O5S.ClH/c1-2-3-16-31-21-10-12-22(13-11-21)32(29,30)26(18-23(27)24-28)17-19-6-8-20(9-7-19)25-14-4-5-15-25;/h2,6-13,28H,1,3-5,14-18H2,(H,24,27);1H. The summed E-state index contributed by atoms with van der Waals surface area (Å²) in [6.45, 7) is 5.60. The van der Waals surface area contributed by atoms with Gasteiger partial charge in [0.1, 0.15) is 5.75 Å². The molecule has 2 aromatic rings. The van der Waals surface area contributed by atoms with Gasteiger partial charge in [0, 0.05) is 25.3 Å². The van der Waals surface area contributed by atoms with Gasteiger partial charge in [0.05, 0.1) is 18.0 Å². The second kappa shape index (κ2) is 12.6. The van der Waals surface area contributed by atoms with Crippen molar-refractivity contribution in [2.75, 3.05) is 31.1 Å². The third-order valence-corrected chi connectivity index (χ3v) is 7.07. The minimum absolute atomic E-state index is 0. The van der Waals surface area contributed by atoms with Crippen molar-refractivity contribution in [1.82, 2.24) is 9.79 Å². The van der Waals surface area contributed by atoms with Crippen LogP contribution >= 0.6 is 12.4 Å². The van der Waals surface area contributed by atoms with Crippen LogP contribution in [-0.4, -0.2) is 50.1 Å². The lowest BCUT2D eigenvalue weighted by atomic mass is 10.2. The predicted molar refractivity (Wildman–Crippen MR) is 129 cm³/mol. The summed E-state index contributed by atoms with van der Waals surface area (Å²) in [6, 6.07) is 13.7. The highest BCUT2D eigenvalue weighted by atomic mass is 35.5. The van der Waals surface area contributed by atoms with Gasteiger partial charge in [0.15, 0.2) is 0 Å². The van der Waals surface area contributed by atoms with Crippen molar-refractivity contribution in [2.45, 2.75) is 30.7 Å². The monoisotopic (exact) mass is 495 g/mol. The highest BCUT2D eigenvalue weighted by Gasteiger charge is 2.27. The number of halogens is 1. The smallest absolute Gasteiger partial charge is 0.258 e. The molecule has 1 aliphatic rings. The number of amides is 1. The lowest BCUT2D eigenvalue weighted by Crippen LogP contribution is -2.39. The Kier molecular flexibility index (Phi) is 10.2. The van der Waals surface area contributed by atoms with E-state index in [1.54, 1.807) is 18.2 Å². The molecule has 33 heavy (non-hydrogen) atoms. The van der Waals surface area contributed by atoms with Crippen LogP contribution < -0.4 is 15.1 Å². The number of sulfonamides is 1. The second-order valence-electron chi connectivity index (χ2n) is 7.57. The molecule has 0 atom stereocenters. The van der Waals surface area contributed by atoms with Crippen LogP contribution in [0.4, 0.5) is 5.69 Å². The third-order valence-electron chi connectivity index (χ3n) is 5.26. The normalized spacial score (nSPS) is 13.5. The maximum absolute atomic E-state index is 13.2. The number of hydroxylamine groups is 1. The number of nitrogens with one attached hydrogen (secondary N) is 1. The van der Waals surface area contributed by atoms with Gasteiger partial charge in [-0.2, -0.15) is 4.31 Å². The zero-order chi connectivity index (χ0) is 23.0. The van der Waals surface area contributed by atoms with Crippen LogP contribution in [0, 0.1) is 0 Å². The third kappa shape index (κ3) is 7.20. The molecule has 0 saturated carbocycles. The SMILES string of the molecule is C=CCCOc1ccc(S(=O)(=O)N(CC(=O)NO)Cc2ccc(N3CCCC3)cc2)cc1.Cl. The highest BCUT2D eigenvalue weighted by Crippen LogP contribution is 2.24. The number of ether oxygens (including phenoxy) is 1. The number of nitrogens with zero attached hydrogens (tertiary/aromatic N) is 2. The molecule has 0 spiro atoms. The molecular formula is C23H30ClN3O5S. The maximum Gasteiger partial charge on any atom is 0.258 e. The fourth-order valence-corrected chi connectivity index (χ4v) is 4.91. The number of hydrogen-bond acceptors (Lipinski definition) is 6. The maximum atomic E-state index is 13.2. The molecular weight excluding hydrogens is 466 g/mol. The lowest BCUT2D eigenvalue weighted by Gasteiger charge is -2.22. The van der Waals surface area contributed by atoms with Crippen molar-refractivity contribution >= 4 is 34.0 Å². The van der Waals surface area contributed by atoms with Gasteiger partial charge in [0.25, 0.3) is 5.91 Å². The average Bonchev–Trinajstić information content (AvgIpc) is 3.34. The fraction of sp³-hybridized carbons (Fsp3) is 0.348. The van der Waals surface area contributed by atoms with E-state index in [2.05, 4.69) is 11.5 Å². The lowest BCUT2D eigenvalue weighted by molar-refractivity contribution is -0.129. The van der Waals surface area contributed by atoms with Crippen molar-refractivity contribution in [3.05, 3.63) is 66.7 Å². The van der Waals surface area contributed by atoms with Crippen LogP contribution in [0.3, 0.4) is 0 Å². The van der Waals surface area contributed by atoms with Gasteiger partial charge in [-0.1, -0.05) is 18.2 Å². The first-order chi connectivity index (χ1) is 15.4. The van der Waals surface area contributed by atoms with Gasteiger partial charge in [0.2, 0.25) is 10.0 Å². The molecule has 180 valence electrons. The summed E-state index contributed by atoms with van der Waals surface area (Å²) in [4.78, 5) is 14.1. The Morgan fingerprint density at radius 3 is 2.33 bits per heavy atom. The number of carbonyl (C=O) groups excluding carboxylic acids is 1. The Bertz CT molecular complexity index is 1010. The molecule has 8 nitrogen and oxygen atoms in total. The molecule has 1 saturated heterocycles. The molecule has 1 aliphatic heterocycles. The van der Waals surface area contributed by atoms with Crippen LogP contribution in [0.5, 0.6) is 5.75 Å². The Balaban J connectivity index is 0.00000385. The minimum Gasteiger partial charge on any atom is -0.493 e. The van der Waals surface area contributed by atoms with Crippen LogP contribution in [0.2, 0.25) is 0 Å². The molecule has 0 unspecified atom stereocenters. The van der Waals surface area contributed by atoms with Crippen LogP contribution in [0.25, 0.3) is 0 Å². The Morgan fingerprint density at radius 1 is 1.12 bits per heavy atom. The van der Waals surface area contributed by atoms with Crippen molar-refractivity contribution in [3.8, 4) is 5.75 Å². The molecule has 0 radical (unpaired) electrons. The first kappa shape index (κ1) is 26.7. The van der Waals surface area contributed by atoms with E-state index >= 15 is 0 Å². The van der Waals surface area contributed by atoms with Crippen LogP contribution in [0.1, 0.15) is 24.8 Å². The molecule has 0 aromatic heterocycles. The van der Waals surface area contributed by atoms with E-state index in [4.69, 9.17) is 9.94 Å². The topological polar surface area (TPSA) is 99.2 Å². The first-order valence-corrected chi connectivity index (χ1v) is 12.0. The summed E-state index contributed by atoms with van der Waals surface area (Å²) in [5.74, 6) is -0.269. The van der Waals surface area contributed by atoms with E-state index in [1.807, 2.05) is 24.3 Å². The molecule has 2 aromatic carbocycles. The quantitative estimate of drug-likeness (QED) is 0.215. The van der Waals surface area contributed by atoms with E-state index in [-0.39, 0.29) is 23.8 Å². The molecule has 0 aliphatic carbocycles. The minimum atomic E-state index is -3.99. The second-order valence-corrected chi connectivity index (χ2v) is 9.50. The van der Waals surface area contributed by atoms with Gasteiger partial charge < -0.3 is 9.64 Å². The zero-order valence-electron chi connectivity index (χ0n) is 18.4. The van der Waals surface area contributed by atoms with Crippen LogP contribution in [0.15, 0.2) is 66.1 Å². The van der Waals surface area contributed by atoms with Crippen molar-refractivity contribution < 1.29 is 23.2 Å². The molecule has 10 heteroatoms. The van der Waals surface area contributed by atoms with Crippen molar-refractivity contribution in [2.24, 2.45) is 0 Å². The number of anilines is 1. The van der Waals surface area contributed by atoms with Crippen LogP contribution in [-0.2, 0) is 21.4 Å². The number of carbonyl (C=O) groups is 1. The number of benzene rings is 2. The zero-order valence-corrected chi connectivity index (χ0v) is 20.0. The van der Waals surface area contributed by atoms with E-state index in [1.165, 1.54) is 30.5 Å². The van der Waals surface area contributed by atoms with E-state index in [0.29, 0.717) is 18.8 Å². The predicted octanol–water partition coefficient (Wildman–Crippen LogP) is 3.36. The average molecular weight is 496 g/mol. The van der Waals surface area contributed by atoms with E-state index in [0.717, 1.165) is 28.6 Å².